The second-order valence-electron chi connectivity index (χ2n) is 5.18. The van der Waals surface area contributed by atoms with E-state index in [1.807, 2.05) is 6.07 Å². The van der Waals surface area contributed by atoms with Gasteiger partial charge in [-0.05, 0) is 23.8 Å². The highest BCUT2D eigenvalue weighted by molar-refractivity contribution is 5.97. The first-order chi connectivity index (χ1) is 10.8. The predicted octanol–water partition coefficient (Wildman–Crippen LogP) is 3.68. The van der Waals surface area contributed by atoms with Crippen molar-refractivity contribution in [1.29, 1.82) is 0 Å². The molecule has 0 aromatic carbocycles. The maximum atomic E-state index is 12.4. The maximum absolute atomic E-state index is 12.4. The van der Waals surface area contributed by atoms with Crippen molar-refractivity contribution in [3.63, 3.8) is 0 Å². The van der Waals surface area contributed by atoms with Gasteiger partial charge in [-0.25, -0.2) is 4.98 Å². The summed E-state index contributed by atoms with van der Waals surface area (Å²) in [6, 6.07) is 5.17. The zero-order valence-corrected chi connectivity index (χ0v) is 12.1. The molecular formula is C15H17F3N4O. The first-order valence-electron chi connectivity index (χ1n) is 6.78. The number of nitrogens with zero attached hydrogens (tertiary/aromatic N) is 2. The van der Waals surface area contributed by atoms with Crippen LogP contribution in [-0.4, -0.2) is 45.5 Å². The zero-order valence-electron chi connectivity index (χ0n) is 12.1. The van der Waals surface area contributed by atoms with Crippen LogP contribution in [0.3, 0.4) is 0 Å². The van der Waals surface area contributed by atoms with Crippen LogP contribution in [0, 0.1) is 0 Å². The molecule has 124 valence electrons. The average molecular weight is 326 g/mol. The van der Waals surface area contributed by atoms with Gasteiger partial charge in [-0.3, -0.25) is 4.79 Å². The maximum Gasteiger partial charge on any atom is 0.406 e. The van der Waals surface area contributed by atoms with Crippen LogP contribution in [0.15, 0.2) is 36.8 Å². The van der Waals surface area contributed by atoms with Gasteiger partial charge in [-0.1, -0.05) is 0 Å². The van der Waals surface area contributed by atoms with Crippen molar-refractivity contribution in [3.05, 3.63) is 42.5 Å². The highest BCUT2D eigenvalue weighted by Gasteiger charge is 2.31. The van der Waals surface area contributed by atoms with E-state index in [1.54, 1.807) is 24.7 Å². The second-order valence-corrected chi connectivity index (χ2v) is 5.18. The van der Waals surface area contributed by atoms with Crippen molar-refractivity contribution in [2.24, 2.45) is 0 Å². The van der Waals surface area contributed by atoms with Gasteiger partial charge in [0.2, 0.25) is 0 Å². The van der Waals surface area contributed by atoms with E-state index in [0.717, 1.165) is 18.0 Å². The van der Waals surface area contributed by atoms with E-state index in [1.165, 1.54) is 6.07 Å². The third-order valence-corrected chi connectivity index (χ3v) is 3.45. The third-order valence-electron chi connectivity index (χ3n) is 3.45. The van der Waals surface area contributed by atoms with E-state index < -0.39 is 18.6 Å². The van der Waals surface area contributed by atoms with Crippen molar-refractivity contribution in [2.75, 3.05) is 13.6 Å². The lowest BCUT2D eigenvalue weighted by molar-refractivity contribution is -0.138. The molecule has 3 aromatic rings. The Morgan fingerprint density at radius 2 is 2.13 bits per heavy atom. The lowest BCUT2D eigenvalue weighted by Gasteiger charge is -2.17. The van der Waals surface area contributed by atoms with Gasteiger partial charge in [-0.2, -0.15) is 13.2 Å². The average Bonchev–Trinajstić information content (AvgIpc) is 3.13. The fraction of sp³-hybridized carbons (Fsp3) is 0.200. The molecule has 0 fully saturated rings. The van der Waals surface area contributed by atoms with Crippen molar-refractivity contribution in [2.45, 2.75) is 6.18 Å². The normalized spacial score (nSPS) is 11.8. The summed E-state index contributed by atoms with van der Waals surface area (Å²) in [7, 11) is 1.12. The number of amides is 1. The summed E-state index contributed by atoms with van der Waals surface area (Å²) in [5.74, 6) is -0.715. The number of hydrogen-bond donors (Lipinski definition) is 2. The first-order valence-corrected chi connectivity index (χ1v) is 6.78. The van der Waals surface area contributed by atoms with Gasteiger partial charge in [0.15, 0.2) is 0 Å². The van der Waals surface area contributed by atoms with Crippen LogP contribution in [-0.2, 0) is 0 Å². The fourth-order valence-corrected chi connectivity index (χ4v) is 2.43. The summed E-state index contributed by atoms with van der Waals surface area (Å²) in [5, 5.41) is 0.870. The highest BCUT2D eigenvalue weighted by atomic mass is 19.4. The molecular weight excluding hydrogens is 309 g/mol. The molecule has 0 spiro atoms. The van der Waals surface area contributed by atoms with E-state index in [4.69, 9.17) is 0 Å². The van der Waals surface area contributed by atoms with Gasteiger partial charge in [0, 0.05) is 39.4 Å². The van der Waals surface area contributed by atoms with E-state index in [2.05, 4.69) is 15.0 Å². The summed E-state index contributed by atoms with van der Waals surface area (Å²) < 4.78 is 37.1. The number of H-pyrrole nitrogens is 2. The van der Waals surface area contributed by atoms with E-state index in [-0.39, 0.29) is 8.55 Å². The standard InChI is InChI=1S/C15H13F3N4O.2H2/c1-22(8-15(16,17)18)14(23)12-6-9(7-21-12)10-2-4-19-13-11(10)3-5-20-13;;/h2-7,21H,8H2,1H3,(H,19,20);2*1H. The molecule has 0 unspecified atom stereocenters. The number of carbonyl (C=O) groups excluding carboxylic acids is 1. The molecule has 3 rings (SSSR count). The fourth-order valence-electron chi connectivity index (χ4n) is 2.43. The van der Waals surface area contributed by atoms with Gasteiger partial charge >= 0.3 is 6.18 Å². The Morgan fingerprint density at radius 1 is 1.35 bits per heavy atom. The molecule has 0 aliphatic heterocycles. The number of aromatic amines is 2. The molecule has 0 bridgehead atoms. The Labute approximate surface area is 132 Å². The molecule has 0 aliphatic rings. The Morgan fingerprint density at radius 3 is 2.87 bits per heavy atom. The number of aromatic nitrogens is 3. The molecule has 1 amide bonds. The number of nitrogens with one attached hydrogen (secondary N) is 2. The Kier molecular flexibility index (Phi) is 3.59. The lowest BCUT2D eigenvalue weighted by atomic mass is 10.1. The van der Waals surface area contributed by atoms with Crippen LogP contribution in [0.4, 0.5) is 13.2 Å². The summed E-state index contributed by atoms with van der Waals surface area (Å²) >= 11 is 0. The topological polar surface area (TPSA) is 64.8 Å². The molecule has 8 heteroatoms. The Hall–Kier alpha value is -2.77. The van der Waals surface area contributed by atoms with Crippen LogP contribution in [0.1, 0.15) is 13.3 Å². The monoisotopic (exact) mass is 326 g/mol. The number of rotatable bonds is 3. The molecule has 2 N–H and O–H groups in total. The van der Waals surface area contributed by atoms with Crippen molar-refractivity contribution < 1.29 is 20.8 Å². The molecule has 0 saturated heterocycles. The molecule has 0 atom stereocenters. The van der Waals surface area contributed by atoms with E-state index >= 15 is 0 Å². The van der Waals surface area contributed by atoms with Gasteiger partial charge in [-0.15, -0.1) is 0 Å². The minimum atomic E-state index is -4.43. The summed E-state index contributed by atoms with van der Waals surface area (Å²) in [5.41, 5.74) is 2.35. The quantitative estimate of drug-likeness (QED) is 0.771. The summed E-state index contributed by atoms with van der Waals surface area (Å²) in [6.07, 6.45) is 0.536. The summed E-state index contributed by atoms with van der Waals surface area (Å²) in [6.45, 7) is -1.29. The van der Waals surface area contributed by atoms with E-state index in [9.17, 15) is 18.0 Å². The number of halogens is 3. The van der Waals surface area contributed by atoms with Crippen LogP contribution in [0.25, 0.3) is 22.2 Å². The number of hydrogen-bond acceptors (Lipinski definition) is 2. The molecule has 3 aromatic heterocycles. The van der Waals surface area contributed by atoms with Crippen LogP contribution < -0.4 is 0 Å². The Bertz CT molecular complexity index is 860. The number of carbonyl (C=O) groups is 1. The lowest BCUT2D eigenvalue weighted by Crippen LogP contribution is -2.35. The van der Waals surface area contributed by atoms with Crippen molar-refractivity contribution in [3.8, 4) is 11.1 Å². The predicted molar refractivity (Wildman–Crippen MR) is 83.1 cm³/mol. The highest BCUT2D eigenvalue weighted by Crippen LogP contribution is 2.28. The van der Waals surface area contributed by atoms with Gasteiger partial charge in [0.05, 0.1) is 0 Å². The van der Waals surface area contributed by atoms with Gasteiger partial charge in [0.1, 0.15) is 17.9 Å². The second kappa shape index (κ2) is 5.45. The SMILES string of the molecule is CN(CC(F)(F)F)C(=O)c1cc(-c2ccnc3[nH]ccc23)c[nH]1.[HH].[HH]. The molecule has 3 heterocycles. The zero-order chi connectivity index (χ0) is 16.6. The number of pyridine rings is 1. The van der Waals surface area contributed by atoms with Crippen molar-refractivity contribution in [1.82, 2.24) is 19.9 Å². The van der Waals surface area contributed by atoms with E-state index in [0.29, 0.717) is 16.1 Å². The van der Waals surface area contributed by atoms with Crippen LogP contribution in [0.2, 0.25) is 0 Å². The van der Waals surface area contributed by atoms with Gasteiger partial charge in [0.25, 0.3) is 5.91 Å². The largest absolute Gasteiger partial charge is 0.406 e. The third kappa shape index (κ3) is 3.05. The van der Waals surface area contributed by atoms with Gasteiger partial charge < -0.3 is 14.9 Å². The van der Waals surface area contributed by atoms with Crippen molar-refractivity contribution >= 4 is 16.9 Å². The minimum absolute atomic E-state index is 0. The smallest absolute Gasteiger partial charge is 0.357 e. The Balaban J connectivity index is 0.00000156. The number of fused-ring (bicyclic) bond motifs is 1. The van der Waals surface area contributed by atoms with Crippen LogP contribution in [0.5, 0.6) is 0 Å². The molecule has 5 nitrogen and oxygen atoms in total. The van der Waals surface area contributed by atoms with Crippen LogP contribution >= 0.6 is 0 Å². The number of alkyl halides is 3. The first kappa shape index (κ1) is 15.1. The molecule has 23 heavy (non-hydrogen) atoms. The molecule has 0 saturated carbocycles. The minimum Gasteiger partial charge on any atom is -0.357 e. The molecule has 0 radical (unpaired) electrons. The molecule has 0 aliphatic carbocycles. The summed E-state index contributed by atoms with van der Waals surface area (Å²) in [4.78, 5) is 22.6.